The highest BCUT2D eigenvalue weighted by atomic mass is 32.1. The SMILES string of the molecule is Cc1ccc(-c2ccc(C)c3[nH]c(-c4n[nH]c5ccc(-c6cncc(NC(=O)CC7CCNCC7)c6)cc45)cc23)s1. The van der Waals surface area contributed by atoms with Crippen molar-refractivity contribution in [1.29, 1.82) is 0 Å². The molecule has 1 aliphatic heterocycles. The number of H-pyrrole nitrogens is 2. The summed E-state index contributed by atoms with van der Waals surface area (Å²) in [4.78, 5) is 23.4. The molecule has 0 atom stereocenters. The summed E-state index contributed by atoms with van der Waals surface area (Å²) < 4.78 is 0. The molecular formula is C33H32N6OS. The molecule has 2 aromatic carbocycles. The highest BCUT2D eigenvalue weighted by molar-refractivity contribution is 7.15. The number of carbonyl (C=O) groups excluding carboxylic acids is 1. The summed E-state index contributed by atoms with van der Waals surface area (Å²) in [6.07, 6.45) is 6.19. The normalized spacial score (nSPS) is 14.2. The molecule has 6 aromatic rings. The highest BCUT2D eigenvalue weighted by Crippen LogP contribution is 2.38. The van der Waals surface area contributed by atoms with E-state index in [1.807, 2.05) is 23.6 Å². The fraction of sp³-hybridized carbons (Fsp3) is 0.242. The maximum Gasteiger partial charge on any atom is 0.224 e. The van der Waals surface area contributed by atoms with Crippen molar-refractivity contribution in [2.45, 2.75) is 33.1 Å². The third kappa shape index (κ3) is 5.05. The zero-order chi connectivity index (χ0) is 27.9. The van der Waals surface area contributed by atoms with Gasteiger partial charge in [-0.1, -0.05) is 18.2 Å². The molecule has 4 aromatic heterocycles. The fourth-order valence-electron chi connectivity index (χ4n) is 5.91. The van der Waals surface area contributed by atoms with Crippen molar-refractivity contribution in [1.82, 2.24) is 25.5 Å². The predicted molar refractivity (Wildman–Crippen MR) is 168 cm³/mol. The number of pyridine rings is 1. The minimum Gasteiger partial charge on any atom is -0.353 e. The van der Waals surface area contributed by atoms with Crippen molar-refractivity contribution in [2.24, 2.45) is 5.92 Å². The van der Waals surface area contributed by atoms with Crippen LogP contribution in [0.4, 0.5) is 5.69 Å². The molecule has 1 fully saturated rings. The van der Waals surface area contributed by atoms with Crippen LogP contribution in [0.2, 0.25) is 0 Å². The Bertz CT molecular complexity index is 1890. The maximum absolute atomic E-state index is 12.7. The van der Waals surface area contributed by atoms with Crippen LogP contribution in [0.15, 0.2) is 67.0 Å². The fourth-order valence-corrected chi connectivity index (χ4v) is 6.81. The van der Waals surface area contributed by atoms with Gasteiger partial charge in [-0.2, -0.15) is 5.10 Å². The molecule has 0 unspecified atom stereocenters. The standard InChI is InChI=1S/C33H32N6OS/c1-19-3-6-25(30-8-4-20(2)41-30)26-16-29(37-32(19)26)33-27-15-22(5-7-28(27)38-39-33)23-14-24(18-35-17-23)36-31(40)13-21-9-11-34-12-10-21/h3-8,14-18,21,34,37H,9-13H2,1-2H3,(H,36,40)(H,38,39). The first-order valence-corrected chi connectivity index (χ1v) is 15.0. The first kappa shape index (κ1) is 25.7. The van der Waals surface area contributed by atoms with Gasteiger partial charge < -0.3 is 15.6 Å². The monoisotopic (exact) mass is 560 g/mol. The predicted octanol–water partition coefficient (Wildman–Crippen LogP) is 7.45. The molecule has 5 heterocycles. The minimum absolute atomic E-state index is 0.0506. The average Bonchev–Trinajstić information content (AvgIpc) is 3.72. The van der Waals surface area contributed by atoms with Crippen LogP contribution >= 0.6 is 11.3 Å². The number of hydrogen-bond donors (Lipinski definition) is 4. The molecule has 1 aliphatic rings. The zero-order valence-electron chi connectivity index (χ0n) is 23.2. The summed E-state index contributed by atoms with van der Waals surface area (Å²) in [5, 5.41) is 16.6. The first-order valence-electron chi connectivity index (χ1n) is 14.2. The number of aromatic amines is 2. The van der Waals surface area contributed by atoms with Gasteiger partial charge in [0, 0.05) is 49.8 Å². The van der Waals surface area contributed by atoms with E-state index in [9.17, 15) is 4.79 Å². The van der Waals surface area contributed by atoms with Gasteiger partial charge in [0.2, 0.25) is 5.91 Å². The average molecular weight is 561 g/mol. The maximum atomic E-state index is 12.7. The quantitative estimate of drug-likeness (QED) is 0.170. The molecule has 41 heavy (non-hydrogen) atoms. The molecular weight excluding hydrogens is 528 g/mol. The molecule has 0 radical (unpaired) electrons. The van der Waals surface area contributed by atoms with Crippen molar-refractivity contribution >= 4 is 44.7 Å². The lowest BCUT2D eigenvalue weighted by molar-refractivity contribution is -0.117. The van der Waals surface area contributed by atoms with Gasteiger partial charge in [0.05, 0.1) is 23.1 Å². The van der Waals surface area contributed by atoms with Gasteiger partial charge in [-0.25, -0.2) is 0 Å². The molecule has 0 bridgehead atoms. The van der Waals surface area contributed by atoms with Crippen molar-refractivity contribution in [3.63, 3.8) is 0 Å². The number of nitrogens with zero attached hydrogens (tertiary/aromatic N) is 2. The van der Waals surface area contributed by atoms with Crippen LogP contribution in [0.5, 0.6) is 0 Å². The van der Waals surface area contributed by atoms with Crippen molar-refractivity contribution in [2.75, 3.05) is 18.4 Å². The molecule has 0 spiro atoms. The Kier molecular flexibility index (Phi) is 6.65. The van der Waals surface area contributed by atoms with Crippen LogP contribution in [0, 0.1) is 19.8 Å². The van der Waals surface area contributed by atoms with E-state index in [-0.39, 0.29) is 5.91 Å². The lowest BCUT2D eigenvalue weighted by Crippen LogP contribution is -2.30. The number of carbonyl (C=O) groups is 1. The van der Waals surface area contributed by atoms with E-state index in [1.54, 1.807) is 6.20 Å². The third-order valence-electron chi connectivity index (χ3n) is 8.11. The Labute approximate surface area is 242 Å². The lowest BCUT2D eigenvalue weighted by Gasteiger charge is -2.21. The summed E-state index contributed by atoms with van der Waals surface area (Å²) in [5.41, 5.74) is 9.07. The topological polar surface area (TPSA) is 98.5 Å². The van der Waals surface area contributed by atoms with Crippen molar-refractivity contribution in [3.8, 4) is 33.0 Å². The van der Waals surface area contributed by atoms with E-state index in [0.29, 0.717) is 12.3 Å². The number of amides is 1. The van der Waals surface area contributed by atoms with Gasteiger partial charge in [0.25, 0.3) is 0 Å². The van der Waals surface area contributed by atoms with Gasteiger partial charge in [-0.3, -0.25) is 14.9 Å². The number of nitrogens with one attached hydrogen (secondary N) is 4. The minimum atomic E-state index is 0.0506. The summed E-state index contributed by atoms with van der Waals surface area (Å²) in [6, 6.07) is 19.2. The highest BCUT2D eigenvalue weighted by Gasteiger charge is 2.18. The molecule has 1 amide bonds. The second kappa shape index (κ2) is 10.6. The summed E-state index contributed by atoms with van der Waals surface area (Å²) >= 11 is 1.81. The van der Waals surface area contributed by atoms with Crippen molar-refractivity contribution in [3.05, 3.63) is 77.4 Å². The Balaban J connectivity index is 1.21. The Morgan fingerprint density at radius 1 is 0.976 bits per heavy atom. The number of hydrogen-bond acceptors (Lipinski definition) is 5. The van der Waals surface area contributed by atoms with Crippen LogP contribution in [0.1, 0.15) is 29.7 Å². The number of aromatic nitrogens is 4. The van der Waals surface area contributed by atoms with E-state index >= 15 is 0 Å². The van der Waals surface area contributed by atoms with Crippen LogP contribution in [0.25, 0.3) is 54.8 Å². The number of anilines is 1. The second-order valence-electron chi connectivity index (χ2n) is 11.1. The van der Waals surface area contributed by atoms with E-state index < -0.39 is 0 Å². The number of thiophene rings is 1. The molecule has 8 heteroatoms. The summed E-state index contributed by atoms with van der Waals surface area (Å²) in [7, 11) is 0. The van der Waals surface area contributed by atoms with Crippen molar-refractivity contribution < 1.29 is 4.79 Å². The van der Waals surface area contributed by atoms with E-state index in [0.717, 1.165) is 70.6 Å². The van der Waals surface area contributed by atoms with Gasteiger partial charge in [0.1, 0.15) is 5.69 Å². The number of piperidine rings is 1. The summed E-state index contributed by atoms with van der Waals surface area (Å²) in [6.45, 7) is 6.25. The van der Waals surface area contributed by atoms with E-state index in [2.05, 4.69) is 88.1 Å². The number of fused-ring (bicyclic) bond motifs is 2. The van der Waals surface area contributed by atoms with Gasteiger partial charge >= 0.3 is 0 Å². The summed E-state index contributed by atoms with van der Waals surface area (Å²) in [5.74, 6) is 0.489. The second-order valence-corrected chi connectivity index (χ2v) is 12.3. The van der Waals surface area contributed by atoms with E-state index in [1.165, 1.54) is 26.3 Å². The molecule has 206 valence electrons. The Morgan fingerprint density at radius 2 is 1.85 bits per heavy atom. The number of aryl methyl sites for hydroxylation is 2. The van der Waals surface area contributed by atoms with Gasteiger partial charge in [-0.05, 0) is 93.2 Å². The molecule has 4 N–H and O–H groups in total. The smallest absolute Gasteiger partial charge is 0.224 e. The lowest BCUT2D eigenvalue weighted by atomic mass is 9.94. The number of rotatable bonds is 6. The Morgan fingerprint density at radius 3 is 2.68 bits per heavy atom. The molecule has 7 rings (SSSR count). The van der Waals surface area contributed by atoms with Crippen LogP contribution < -0.4 is 10.6 Å². The Hall–Kier alpha value is -4.27. The number of benzene rings is 2. The zero-order valence-corrected chi connectivity index (χ0v) is 24.0. The molecule has 0 aliphatic carbocycles. The molecule has 0 saturated carbocycles. The van der Waals surface area contributed by atoms with E-state index in [4.69, 9.17) is 5.10 Å². The van der Waals surface area contributed by atoms with Gasteiger partial charge in [-0.15, -0.1) is 11.3 Å². The van der Waals surface area contributed by atoms with Crippen LogP contribution in [-0.4, -0.2) is 39.2 Å². The third-order valence-corrected chi connectivity index (χ3v) is 9.15. The first-order chi connectivity index (χ1) is 20.0. The van der Waals surface area contributed by atoms with Gasteiger partial charge in [0.15, 0.2) is 0 Å². The van der Waals surface area contributed by atoms with Crippen LogP contribution in [0.3, 0.4) is 0 Å². The molecule has 7 nitrogen and oxygen atoms in total. The molecule has 1 saturated heterocycles. The van der Waals surface area contributed by atoms with Crippen LogP contribution in [-0.2, 0) is 4.79 Å². The largest absolute Gasteiger partial charge is 0.353 e.